The minimum absolute atomic E-state index is 0.0382. The summed E-state index contributed by atoms with van der Waals surface area (Å²) < 4.78 is 0. The van der Waals surface area contributed by atoms with E-state index in [4.69, 9.17) is 5.11 Å². The molecule has 0 radical (unpaired) electrons. The van der Waals surface area contributed by atoms with Crippen LogP contribution in [0.2, 0.25) is 0 Å². The summed E-state index contributed by atoms with van der Waals surface area (Å²) >= 11 is 0. The minimum atomic E-state index is -1.01. The first-order chi connectivity index (χ1) is 7.91. The highest BCUT2D eigenvalue weighted by Crippen LogP contribution is 2.25. The Morgan fingerprint density at radius 2 is 2.06 bits per heavy atom. The fourth-order valence-corrected chi connectivity index (χ4v) is 2.19. The molecule has 0 aromatic heterocycles. The summed E-state index contributed by atoms with van der Waals surface area (Å²) in [6.07, 6.45) is 1.60. The number of aliphatic carboxylic acids is 1. The summed E-state index contributed by atoms with van der Waals surface area (Å²) in [5.74, 6) is -1.10. The van der Waals surface area contributed by atoms with Crippen LogP contribution in [0.5, 0.6) is 0 Å². The molecule has 1 rings (SSSR count). The maximum absolute atomic E-state index is 11.8. The first kappa shape index (κ1) is 13.7. The van der Waals surface area contributed by atoms with E-state index in [0.29, 0.717) is 18.8 Å². The zero-order valence-corrected chi connectivity index (χ0v) is 10.3. The van der Waals surface area contributed by atoms with E-state index in [2.05, 4.69) is 0 Å². The zero-order chi connectivity index (χ0) is 13.0. The van der Waals surface area contributed by atoms with E-state index in [1.165, 1.54) is 4.90 Å². The summed E-state index contributed by atoms with van der Waals surface area (Å²) in [4.78, 5) is 35.1. The number of imide groups is 1. The molecule has 1 saturated heterocycles. The molecule has 17 heavy (non-hydrogen) atoms. The minimum Gasteiger partial charge on any atom is -0.481 e. The van der Waals surface area contributed by atoms with Crippen LogP contribution in [-0.4, -0.2) is 33.8 Å². The second-order valence-corrected chi connectivity index (χ2v) is 4.87. The summed E-state index contributed by atoms with van der Waals surface area (Å²) in [5.41, 5.74) is 0. The largest absolute Gasteiger partial charge is 0.481 e. The van der Waals surface area contributed by atoms with Crippen molar-refractivity contribution in [2.45, 2.75) is 52.0 Å². The van der Waals surface area contributed by atoms with Crippen LogP contribution in [0.25, 0.3) is 0 Å². The maximum atomic E-state index is 11.8. The average Bonchev–Trinajstić information content (AvgIpc) is 2.55. The third-order valence-corrected chi connectivity index (χ3v) is 2.89. The first-order valence-electron chi connectivity index (χ1n) is 5.98. The first-order valence-corrected chi connectivity index (χ1v) is 5.98. The lowest BCUT2D eigenvalue weighted by Crippen LogP contribution is -2.39. The molecule has 0 spiro atoms. The van der Waals surface area contributed by atoms with E-state index >= 15 is 0 Å². The van der Waals surface area contributed by atoms with E-state index in [1.807, 2.05) is 13.8 Å². The van der Waals surface area contributed by atoms with Gasteiger partial charge in [0.2, 0.25) is 11.8 Å². The molecule has 0 aliphatic carbocycles. The zero-order valence-electron chi connectivity index (χ0n) is 10.3. The van der Waals surface area contributed by atoms with Gasteiger partial charge in [0.15, 0.2) is 0 Å². The quantitative estimate of drug-likeness (QED) is 0.789. The molecule has 0 aromatic rings. The smallest absolute Gasteiger partial charge is 0.303 e. The molecule has 1 heterocycles. The average molecular weight is 241 g/mol. The van der Waals surface area contributed by atoms with Gasteiger partial charge in [0, 0.05) is 18.9 Å². The number of hydrogen-bond donors (Lipinski definition) is 1. The number of likely N-dealkylation sites (tertiary alicyclic amines) is 1. The van der Waals surface area contributed by atoms with Crippen molar-refractivity contribution >= 4 is 17.8 Å². The summed E-state index contributed by atoms with van der Waals surface area (Å²) in [6, 6.07) is -0.0382. The van der Waals surface area contributed by atoms with E-state index in [1.54, 1.807) is 0 Å². The van der Waals surface area contributed by atoms with Crippen LogP contribution in [0, 0.1) is 5.92 Å². The predicted octanol–water partition coefficient (Wildman–Crippen LogP) is 1.41. The number of rotatable bonds is 5. The van der Waals surface area contributed by atoms with Crippen molar-refractivity contribution in [3.63, 3.8) is 0 Å². The maximum Gasteiger partial charge on any atom is 0.303 e. The van der Waals surface area contributed by atoms with Crippen molar-refractivity contribution in [2.75, 3.05) is 0 Å². The third kappa shape index (κ3) is 3.84. The highest BCUT2D eigenvalue weighted by molar-refractivity contribution is 5.98. The van der Waals surface area contributed by atoms with Crippen LogP contribution in [0.3, 0.4) is 0 Å². The fraction of sp³-hybridized carbons (Fsp3) is 0.750. The number of nitrogens with zero attached hydrogens (tertiary/aromatic N) is 1. The van der Waals surface area contributed by atoms with Crippen LogP contribution < -0.4 is 0 Å². The Morgan fingerprint density at radius 3 is 2.59 bits per heavy atom. The summed E-state index contributed by atoms with van der Waals surface area (Å²) in [6.45, 7) is 4.09. The summed E-state index contributed by atoms with van der Waals surface area (Å²) in [7, 11) is 0. The van der Waals surface area contributed by atoms with Gasteiger partial charge >= 0.3 is 5.97 Å². The van der Waals surface area contributed by atoms with E-state index in [-0.39, 0.29) is 30.7 Å². The van der Waals surface area contributed by atoms with Gasteiger partial charge in [-0.25, -0.2) is 0 Å². The van der Waals surface area contributed by atoms with Gasteiger partial charge in [-0.05, 0) is 18.8 Å². The lowest BCUT2D eigenvalue weighted by atomic mass is 10.0. The van der Waals surface area contributed by atoms with Crippen LogP contribution in [-0.2, 0) is 14.4 Å². The highest BCUT2D eigenvalue weighted by atomic mass is 16.4. The molecule has 1 fully saturated rings. The SMILES string of the molecule is CC(C)CC1CCC(=O)N1C(=O)CCC(=O)O. The van der Waals surface area contributed by atoms with Gasteiger partial charge in [0.1, 0.15) is 0 Å². The Hall–Kier alpha value is -1.39. The van der Waals surface area contributed by atoms with Crippen molar-refractivity contribution in [1.29, 1.82) is 0 Å². The van der Waals surface area contributed by atoms with Crippen LogP contribution in [0.1, 0.15) is 46.0 Å². The number of hydrogen-bond acceptors (Lipinski definition) is 3. The number of carboxylic acid groups (broad SMARTS) is 1. The molecule has 1 unspecified atom stereocenters. The lowest BCUT2D eigenvalue weighted by Gasteiger charge is -2.24. The van der Waals surface area contributed by atoms with Gasteiger partial charge in [-0.3, -0.25) is 19.3 Å². The van der Waals surface area contributed by atoms with Crippen LogP contribution in [0.4, 0.5) is 0 Å². The van der Waals surface area contributed by atoms with Gasteiger partial charge in [0.05, 0.1) is 6.42 Å². The topological polar surface area (TPSA) is 74.7 Å². The van der Waals surface area contributed by atoms with Gasteiger partial charge in [-0.15, -0.1) is 0 Å². The Bertz CT molecular complexity index is 324. The van der Waals surface area contributed by atoms with Gasteiger partial charge in [-0.1, -0.05) is 13.8 Å². The fourth-order valence-electron chi connectivity index (χ4n) is 2.19. The molecule has 5 heteroatoms. The second kappa shape index (κ2) is 5.80. The number of carbonyl (C=O) groups is 3. The molecule has 5 nitrogen and oxygen atoms in total. The number of amides is 2. The van der Waals surface area contributed by atoms with E-state index < -0.39 is 5.97 Å². The highest BCUT2D eigenvalue weighted by Gasteiger charge is 2.35. The van der Waals surface area contributed by atoms with Crippen molar-refractivity contribution < 1.29 is 19.5 Å². The molecule has 0 bridgehead atoms. The molecule has 96 valence electrons. The molecule has 1 atom stereocenters. The molecular weight excluding hydrogens is 222 g/mol. The molecular formula is C12H19NO4. The molecule has 0 aromatic carbocycles. The van der Waals surface area contributed by atoms with Crippen molar-refractivity contribution in [1.82, 2.24) is 4.90 Å². The van der Waals surface area contributed by atoms with E-state index in [0.717, 1.165) is 6.42 Å². The van der Waals surface area contributed by atoms with Gasteiger partial charge in [-0.2, -0.15) is 0 Å². The predicted molar refractivity (Wildman–Crippen MR) is 61.2 cm³/mol. The van der Waals surface area contributed by atoms with Crippen LogP contribution in [0.15, 0.2) is 0 Å². The van der Waals surface area contributed by atoms with Gasteiger partial charge < -0.3 is 5.11 Å². The second-order valence-electron chi connectivity index (χ2n) is 4.87. The molecule has 1 N–H and O–H groups in total. The Kier molecular flexibility index (Phi) is 4.66. The molecule has 1 aliphatic rings. The molecule has 1 aliphatic heterocycles. The number of carboxylic acids is 1. The monoisotopic (exact) mass is 241 g/mol. The van der Waals surface area contributed by atoms with Gasteiger partial charge in [0.25, 0.3) is 0 Å². The Labute approximate surface area is 101 Å². The molecule has 2 amide bonds. The number of carbonyl (C=O) groups excluding carboxylic acids is 2. The Morgan fingerprint density at radius 1 is 1.41 bits per heavy atom. The standard InChI is InChI=1S/C12H19NO4/c1-8(2)7-9-3-4-10(14)13(9)11(15)5-6-12(16)17/h8-9H,3-7H2,1-2H3,(H,16,17). The Balaban J connectivity index is 2.60. The van der Waals surface area contributed by atoms with Crippen LogP contribution >= 0.6 is 0 Å². The van der Waals surface area contributed by atoms with Crippen molar-refractivity contribution in [2.24, 2.45) is 5.92 Å². The molecule has 0 saturated carbocycles. The lowest BCUT2D eigenvalue weighted by molar-refractivity contribution is -0.147. The van der Waals surface area contributed by atoms with E-state index in [9.17, 15) is 14.4 Å². The third-order valence-electron chi connectivity index (χ3n) is 2.89. The van der Waals surface area contributed by atoms with Crippen molar-refractivity contribution in [3.8, 4) is 0 Å². The van der Waals surface area contributed by atoms with Crippen molar-refractivity contribution in [3.05, 3.63) is 0 Å². The summed E-state index contributed by atoms with van der Waals surface area (Å²) in [5, 5.41) is 8.53. The normalized spacial score (nSPS) is 20.1.